The summed E-state index contributed by atoms with van der Waals surface area (Å²) in [5, 5.41) is 2.71. The lowest BCUT2D eigenvalue weighted by Crippen LogP contribution is -2.45. The van der Waals surface area contributed by atoms with E-state index < -0.39 is 39.5 Å². The minimum atomic E-state index is -4.59. The smallest absolute Gasteiger partial charge is 0.354 e. The minimum Gasteiger partial charge on any atom is -0.354 e. The first-order valence-corrected chi connectivity index (χ1v) is 13.1. The van der Waals surface area contributed by atoms with Crippen LogP contribution in [0.2, 0.25) is 0 Å². The second-order valence-corrected chi connectivity index (χ2v) is 10.7. The highest BCUT2D eigenvalue weighted by atomic mass is 32.2. The Bertz CT molecular complexity index is 1200. The number of piperazine rings is 1. The molecule has 1 aromatic carbocycles. The number of sulfonamides is 1. The molecule has 2 heterocycles. The summed E-state index contributed by atoms with van der Waals surface area (Å²) in [6, 6.07) is 6.31. The summed E-state index contributed by atoms with van der Waals surface area (Å²) >= 11 is 0. The summed E-state index contributed by atoms with van der Waals surface area (Å²) < 4.78 is 78.9. The Morgan fingerprint density at radius 1 is 1.08 bits per heavy atom. The predicted octanol–water partition coefficient (Wildman–Crippen LogP) is 2.46. The number of aromatic nitrogens is 1. The summed E-state index contributed by atoms with van der Waals surface area (Å²) in [6.45, 7) is 3.65. The van der Waals surface area contributed by atoms with Crippen LogP contribution in [-0.2, 0) is 34.1 Å². The van der Waals surface area contributed by atoms with Gasteiger partial charge in [-0.25, -0.2) is 22.5 Å². The first kappa shape index (κ1) is 27.8. The van der Waals surface area contributed by atoms with Crippen molar-refractivity contribution >= 4 is 21.7 Å². The molecule has 36 heavy (non-hydrogen) atoms. The molecule has 1 fully saturated rings. The Balaban J connectivity index is 1.72. The zero-order chi connectivity index (χ0) is 26.7. The number of rotatable bonds is 8. The molecule has 2 aromatic rings. The number of likely N-dealkylation sites (N-methyl/N-ethyl adjacent to an activating group) is 1. The minimum absolute atomic E-state index is 0.0468. The molecule has 1 aliphatic rings. The highest BCUT2D eigenvalue weighted by molar-refractivity contribution is 7.88. The number of nitrogens with one attached hydrogen (secondary N) is 2. The molecule has 1 aliphatic heterocycles. The molecule has 0 radical (unpaired) electrons. The predicted molar refractivity (Wildman–Crippen MR) is 127 cm³/mol. The van der Waals surface area contributed by atoms with E-state index in [0.29, 0.717) is 37.3 Å². The van der Waals surface area contributed by atoms with Crippen molar-refractivity contribution in [2.75, 3.05) is 44.4 Å². The third-order valence-electron chi connectivity index (χ3n) is 6.00. The van der Waals surface area contributed by atoms with E-state index in [1.54, 1.807) is 11.8 Å². The van der Waals surface area contributed by atoms with Crippen LogP contribution >= 0.6 is 0 Å². The van der Waals surface area contributed by atoms with Crippen LogP contribution in [0.1, 0.15) is 35.2 Å². The maximum Gasteiger partial charge on any atom is 0.433 e. The van der Waals surface area contributed by atoms with Gasteiger partial charge in [0.2, 0.25) is 15.9 Å². The number of carbonyl (C=O) groups excluding carboxylic acids is 1. The van der Waals surface area contributed by atoms with E-state index in [0.717, 1.165) is 12.3 Å². The maximum absolute atomic E-state index is 14.4. The van der Waals surface area contributed by atoms with Crippen molar-refractivity contribution in [1.29, 1.82) is 0 Å². The largest absolute Gasteiger partial charge is 0.433 e. The van der Waals surface area contributed by atoms with Crippen LogP contribution in [0.4, 0.5) is 23.4 Å². The van der Waals surface area contributed by atoms with Crippen molar-refractivity contribution in [3.63, 3.8) is 0 Å². The van der Waals surface area contributed by atoms with E-state index in [1.165, 1.54) is 24.3 Å². The van der Waals surface area contributed by atoms with Crippen molar-refractivity contribution in [3.8, 4) is 0 Å². The van der Waals surface area contributed by atoms with Gasteiger partial charge < -0.3 is 15.1 Å². The van der Waals surface area contributed by atoms with E-state index in [-0.39, 0.29) is 24.5 Å². The van der Waals surface area contributed by atoms with Gasteiger partial charge in [-0.15, -0.1) is 0 Å². The van der Waals surface area contributed by atoms with Gasteiger partial charge in [-0.1, -0.05) is 18.2 Å². The SMILES string of the molecule is CC(C(=O)NCc1ccc(C(F)(F)F)nc1N1CCN(C)CC1)c1ccc(CNS(C)(=O)=O)c(F)c1. The van der Waals surface area contributed by atoms with Gasteiger partial charge in [0.1, 0.15) is 17.3 Å². The molecule has 1 amide bonds. The van der Waals surface area contributed by atoms with Crippen LogP contribution in [0, 0.1) is 5.82 Å². The molecule has 0 aliphatic carbocycles. The van der Waals surface area contributed by atoms with Gasteiger partial charge in [0.05, 0.1) is 12.2 Å². The molecular formula is C23H29F4N5O3S. The Hall–Kier alpha value is -2.77. The highest BCUT2D eigenvalue weighted by Gasteiger charge is 2.34. The topological polar surface area (TPSA) is 94.6 Å². The lowest BCUT2D eigenvalue weighted by molar-refractivity contribution is -0.141. The normalized spacial score (nSPS) is 16.1. The molecule has 1 atom stereocenters. The highest BCUT2D eigenvalue weighted by Crippen LogP contribution is 2.31. The van der Waals surface area contributed by atoms with Gasteiger partial charge in [-0.3, -0.25) is 4.79 Å². The third-order valence-corrected chi connectivity index (χ3v) is 6.67. The molecule has 3 rings (SSSR count). The Kier molecular flexibility index (Phi) is 8.57. The fraction of sp³-hybridized carbons (Fsp3) is 0.478. The third kappa shape index (κ3) is 7.37. The molecular weight excluding hydrogens is 502 g/mol. The Morgan fingerprint density at radius 3 is 2.31 bits per heavy atom. The first-order chi connectivity index (χ1) is 16.7. The van der Waals surface area contributed by atoms with Crippen LogP contribution in [0.25, 0.3) is 0 Å². The number of amides is 1. The zero-order valence-corrected chi connectivity index (χ0v) is 21.0. The Labute approximate surface area is 207 Å². The van der Waals surface area contributed by atoms with Crippen molar-refractivity contribution in [2.24, 2.45) is 0 Å². The van der Waals surface area contributed by atoms with Gasteiger partial charge >= 0.3 is 6.18 Å². The van der Waals surface area contributed by atoms with Crippen LogP contribution in [0.3, 0.4) is 0 Å². The molecule has 0 saturated carbocycles. The lowest BCUT2D eigenvalue weighted by atomic mass is 9.98. The fourth-order valence-corrected chi connectivity index (χ4v) is 4.15. The molecule has 13 heteroatoms. The second kappa shape index (κ2) is 11.1. The average Bonchev–Trinajstić information content (AvgIpc) is 2.80. The summed E-state index contributed by atoms with van der Waals surface area (Å²) in [5.74, 6) is -1.68. The van der Waals surface area contributed by atoms with Crippen molar-refractivity contribution in [3.05, 3.63) is 58.5 Å². The molecule has 0 spiro atoms. The van der Waals surface area contributed by atoms with Gasteiger partial charge in [-0.05, 0) is 31.7 Å². The van der Waals surface area contributed by atoms with Crippen LogP contribution in [0.5, 0.6) is 0 Å². The number of benzene rings is 1. The van der Waals surface area contributed by atoms with Crippen LogP contribution in [-0.4, -0.2) is 63.7 Å². The van der Waals surface area contributed by atoms with E-state index in [9.17, 15) is 30.8 Å². The number of halogens is 4. The van der Waals surface area contributed by atoms with Gasteiger partial charge in [0.25, 0.3) is 0 Å². The molecule has 1 saturated heterocycles. The quantitative estimate of drug-likeness (QED) is 0.509. The molecule has 198 valence electrons. The number of carbonyl (C=O) groups is 1. The Morgan fingerprint density at radius 2 is 1.72 bits per heavy atom. The molecule has 8 nitrogen and oxygen atoms in total. The number of hydrogen-bond donors (Lipinski definition) is 2. The number of alkyl halides is 3. The summed E-state index contributed by atoms with van der Waals surface area (Å²) in [4.78, 5) is 20.5. The zero-order valence-electron chi connectivity index (χ0n) is 20.2. The van der Waals surface area contributed by atoms with Gasteiger partial charge in [-0.2, -0.15) is 13.2 Å². The second-order valence-electron chi connectivity index (χ2n) is 8.85. The van der Waals surface area contributed by atoms with E-state index in [1.807, 2.05) is 7.05 Å². The number of pyridine rings is 1. The van der Waals surface area contributed by atoms with E-state index >= 15 is 0 Å². The number of hydrogen-bond acceptors (Lipinski definition) is 6. The summed E-state index contributed by atoms with van der Waals surface area (Å²) in [6.07, 6.45) is -3.63. The molecule has 0 bridgehead atoms. The maximum atomic E-state index is 14.4. The van der Waals surface area contributed by atoms with Crippen LogP contribution < -0.4 is 14.9 Å². The van der Waals surface area contributed by atoms with Gasteiger partial charge in [0.15, 0.2) is 0 Å². The van der Waals surface area contributed by atoms with Crippen molar-refractivity contribution in [2.45, 2.75) is 32.1 Å². The monoisotopic (exact) mass is 531 g/mol. The van der Waals surface area contributed by atoms with Crippen molar-refractivity contribution in [1.82, 2.24) is 19.9 Å². The molecule has 2 N–H and O–H groups in total. The number of anilines is 1. The lowest BCUT2D eigenvalue weighted by Gasteiger charge is -2.34. The van der Waals surface area contributed by atoms with Gasteiger partial charge in [0, 0.05) is 50.4 Å². The average molecular weight is 532 g/mol. The van der Waals surface area contributed by atoms with Crippen LogP contribution in [0.15, 0.2) is 30.3 Å². The van der Waals surface area contributed by atoms with E-state index in [4.69, 9.17) is 0 Å². The first-order valence-electron chi connectivity index (χ1n) is 11.3. The van der Waals surface area contributed by atoms with Crippen molar-refractivity contribution < 1.29 is 30.8 Å². The molecule has 1 aromatic heterocycles. The summed E-state index contributed by atoms with van der Waals surface area (Å²) in [5.41, 5.74) is -0.0512. The number of nitrogens with zero attached hydrogens (tertiary/aromatic N) is 3. The molecule has 1 unspecified atom stereocenters. The van der Waals surface area contributed by atoms with E-state index in [2.05, 4.69) is 19.9 Å². The summed E-state index contributed by atoms with van der Waals surface area (Å²) in [7, 11) is -1.56. The fourth-order valence-electron chi connectivity index (χ4n) is 3.74. The standard InChI is InChI=1S/C23H29F4N5O3S/c1-15(16-4-5-17(19(24)12-16)14-29-36(3,34)35)22(33)28-13-18-6-7-20(23(25,26)27)30-21(18)32-10-8-31(2)9-11-32/h4-7,12,15,29H,8-11,13-14H2,1-3H3,(H,28,33).